The molecular formula is C21H32N4O3S2. The number of benzene rings is 1. The zero-order valence-electron chi connectivity index (χ0n) is 18.2. The first kappa shape index (κ1) is 24.4. The van der Waals surface area contributed by atoms with Gasteiger partial charge in [0.15, 0.2) is 5.16 Å². The summed E-state index contributed by atoms with van der Waals surface area (Å²) in [7, 11) is -3.56. The summed E-state index contributed by atoms with van der Waals surface area (Å²) in [5, 5.41) is 3.19. The number of aryl methyl sites for hydroxylation is 1. The third kappa shape index (κ3) is 5.44. The molecular weight excluding hydrogens is 420 g/mol. The van der Waals surface area contributed by atoms with Gasteiger partial charge in [0.2, 0.25) is 15.9 Å². The summed E-state index contributed by atoms with van der Waals surface area (Å²) in [4.78, 5) is 17.2. The fourth-order valence-electron chi connectivity index (χ4n) is 3.11. The maximum Gasteiger partial charge on any atom is 0.243 e. The van der Waals surface area contributed by atoms with Crippen LogP contribution in [0.25, 0.3) is 11.0 Å². The largest absolute Gasteiger partial charge is 0.352 e. The normalized spacial score (nSPS) is 13.0. The van der Waals surface area contributed by atoms with Crippen LogP contribution in [0.1, 0.15) is 40.5 Å². The van der Waals surface area contributed by atoms with E-state index in [-0.39, 0.29) is 16.1 Å². The number of carbonyl (C=O) groups is 1. The average molecular weight is 453 g/mol. The van der Waals surface area contributed by atoms with Gasteiger partial charge >= 0.3 is 0 Å². The fourth-order valence-corrected chi connectivity index (χ4v) is 5.56. The predicted molar refractivity (Wildman–Crippen MR) is 123 cm³/mol. The number of rotatable bonds is 12. The van der Waals surface area contributed by atoms with Crippen molar-refractivity contribution in [2.45, 2.75) is 62.4 Å². The Bertz CT molecular complexity index is 982. The van der Waals surface area contributed by atoms with Gasteiger partial charge < -0.3 is 9.88 Å². The lowest BCUT2D eigenvalue weighted by atomic mass is 10.3. The van der Waals surface area contributed by atoms with Crippen LogP contribution in [0.2, 0.25) is 0 Å². The quantitative estimate of drug-likeness (QED) is 0.392. The maximum absolute atomic E-state index is 12.9. The number of hydrogen-bond donors (Lipinski definition) is 1. The second kappa shape index (κ2) is 11.0. The van der Waals surface area contributed by atoms with Crippen LogP contribution in [-0.2, 0) is 21.4 Å². The van der Waals surface area contributed by atoms with E-state index in [1.807, 2.05) is 26.8 Å². The summed E-state index contributed by atoms with van der Waals surface area (Å²) in [6.45, 7) is 13.2. The van der Waals surface area contributed by atoms with E-state index in [2.05, 4.69) is 23.4 Å². The van der Waals surface area contributed by atoms with Crippen LogP contribution in [0.15, 0.2) is 40.9 Å². The van der Waals surface area contributed by atoms with Gasteiger partial charge in [-0.3, -0.25) is 4.79 Å². The van der Waals surface area contributed by atoms with Gasteiger partial charge in [0.1, 0.15) is 0 Å². The summed E-state index contributed by atoms with van der Waals surface area (Å²) in [6, 6.07) is 5.10. The highest BCUT2D eigenvalue weighted by Crippen LogP contribution is 2.30. The Morgan fingerprint density at radius 3 is 2.63 bits per heavy atom. The van der Waals surface area contributed by atoms with Crippen LogP contribution in [0.4, 0.5) is 0 Å². The number of sulfonamides is 1. The Morgan fingerprint density at radius 1 is 1.33 bits per heavy atom. The van der Waals surface area contributed by atoms with Crippen LogP contribution in [0.5, 0.6) is 0 Å². The number of unbranched alkanes of at least 4 members (excludes halogenated alkanes) is 1. The van der Waals surface area contributed by atoms with Gasteiger partial charge in [-0.25, -0.2) is 13.4 Å². The molecule has 30 heavy (non-hydrogen) atoms. The Labute approximate surface area is 184 Å². The van der Waals surface area contributed by atoms with E-state index >= 15 is 0 Å². The van der Waals surface area contributed by atoms with Gasteiger partial charge in [-0.15, -0.1) is 6.58 Å². The van der Waals surface area contributed by atoms with Crippen LogP contribution < -0.4 is 5.32 Å². The second-order valence-electron chi connectivity index (χ2n) is 6.93. The summed E-state index contributed by atoms with van der Waals surface area (Å²) < 4.78 is 29.3. The number of thioether (sulfide) groups is 1. The summed E-state index contributed by atoms with van der Waals surface area (Å²) >= 11 is 1.38. The lowest BCUT2D eigenvalue weighted by molar-refractivity contribution is -0.120. The molecule has 166 valence electrons. The lowest BCUT2D eigenvalue weighted by Crippen LogP contribution is -2.31. The Kier molecular flexibility index (Phi) is 8.93. The summed E-state index contributed by atoms with van der Waals surface area (Å²) in [5.74, 6) is -0.0844. The van der Waals surface area contributed by atoms with Crippen LogP contribution in [-0.4, -0.2) is 53.1 Å². The van der Waals surface area contributed by atoms with Crippen molar-refractivity contribution in [2.75, 3.05) is 19.6 Å². The number of nitrogens with one attached hydrogen (secondary N) is 1. The van der Waals surface area contributed by atoms with Gasteiger partial charge in [-0.1, -0.05) is 45.0 Å². The molecule has 1 aromatic carbocycles. The first-order valence-corrected chi connectivity index (χ1v) is 12.7. The van der Waals surface area contributed by atoms with Crippen molar-refractivity contribution in [3.8, 4) is 0 Å². The molecule has 2 aromatic rings. The lowest BCUT2D eigenvalue weighted by Gasteiger charge is -2.18. The molecule has 0 fully saturated rings. The number of nitrogens with zero attached hydrogens (tertiary/aromatic N) is 3. The zero-order valence-corrected chi connectivity index (χ0v) is 19.9. The average Bonchev–Trinajstić information content (AvgIpc) is 3.07. The minimum Gasteiger partial charge on any atom is -0.352 e. The topological polar surface area (TPSA) is 84.3 Å². The molecule has 1 unspecified atom stereocenters. The number of aromatic nitrogens is 2. The van der Waals surface area contributed by atoms with Crippen LogP contribution in [0, 0.1) is 0 Å². The van der Waals surface area contributed by atoms with Crippen molar-refractivity contribution in [1.29, 1.82) is 0 Å². The summed E-state index contributed by atoms with van der Waals surface area (Å²) in [5.41, 5.74) is 1.50. The van der Waals surface area contributed by atoms with E-state index in [4.69, 9.17) is 4.98 Å². The van der Waals surface area contributed by atoms with Crippen molar-refractivity contribution < 1.29 is 13.2 Å². The minimum absolute atomic E-state index is 0.0844. The number of hydrogen-bond acceptors (Lipinski definition) is 5. The first-order valence-electron chi connectivity index (χ1n) is 10.4. The molecule has 1 heterocycles. The minimum atomic E-state index is -3.56. The molecule has 1 N–H and O–H groups in total. The molecule has 0 saturated heterocycles. The fraction of sp³-hybridized carbons (Fsp3) is 0.524. The smallest absolute Gasteiger partial charge is 0.243 e. The maximum atomic E-state index is 12.9. The molecule has 9 heteroatoms. The highest BCUT2D eigenvalue weighted by Gasteiger charge is 2.24. The van der Waals surface area contributed by atoms with E-state index in [9.17, 15) is 13.2 Å². The van der Waals surface area contributed by atoms with Gasteiger partial charge in [0.05, 0.1) is 21.2 Å². The zero-order chi connectivity index (χ0) is 22.3. The highest BCUT2D eigenvalue weighted by atomic mass is 32.2. The molecule has 7 nitrogen and oxygen atoms in total. The Hall–Kier alpha value is -1.84. The molecule has 0 aliphatic carbocycles. The Balaban J connectivity index is 2.44. The molecule has 1 aromatic heterocycles. The summed E-state index contributed by atoms with van der Waals surface area (Å²) in [6.07, 6.45) is 3.63. The molecule has 0 bridgehead atoms. The van der Waals surface area contributed by atoms with E-state index in [1.165, 1.54) is 16.1 Å². The molecule has 0 aliphatic heterocycles. The van der Waals surface area contributed by atoms with E-state index in [1.54, 1.807) is 18.2 Å². The molecule has 1 amide bonds. The molecule has 0 aliphatic rings. The van der Waals surface area contributed by atoms with Crippen LogP contribution >= 0.6 is 11.8 Å². The monoisotopic (exact) mass is 452 g/mol. The highest BCUT2D eigenvalue weighted by molar-refractivity contribution is 8.00. The van der Waals surface area contributed by atoms with E-state index in [0.717, 1.165) is 30.1 Å². The van der Waals surface area contributed by atoms with Crippen molar-refractivity contribution in [3.63, 3.8) is 0 Å². The molecule has 1 atom stereocenters. The molecule has 0 saturated carbocycles. The molecule has 2 rings (SSSR count). The van der Waals surface area contributed by atoms with Crippen LogP contribution in [0.3, 0.4) is 0 Å². The van der Waals surface area contributed by atoms with Crippen molar-refractivity contribution in [1.82, 2.24) is 19.2 Å². The standard InChI is InChI=1S/C21H32N4O3S2/c1-6-10-14-25-19-12-11-17(30(27,28)24(8-3)9-4)15-18(19)23-21(25)29-16(5)20(26)22-13-7-2/h7,11-12,15-16H,2,6,8-10,13-14H2,1,3-5H3,(H,22,26). The van der Waals surface area contributed by atoms with Crippen molar-refractivity contribution in [3.05, 3.63) is 30.9 Å². The number of amides is 1. The third-order valence-corrected chi connectivity index (χ3v) is 7.97. The molecule has 0 spiro atoms. The van der Waals surface area contributed by atoms with Gasteiger partial charge in [0, 0.05) is 26.2 Å². The van der Waals surface area contributed by atoms with Gasteiger partial charge in [-0.05, 0) is 31.5 Å². The third-order valence-electron chi connectivity index (χ3n) is 4.84. The van der Waals surface area contributed by atoms with E-state index < -0.39 is 10.0 Å². The SMILES string of the molecule is C=CCNC(=O)C(C)Sc1nc2cc(S(=O)(=O)N(CC)CC)ccc2n1CCCC. The van der Waals surface area contributed by atoms with Gasteiger partial charge in [-0.2, -0.15) is 4.31 Å². The number of imidazole rings is 1. The van der Waals surface area contributed by atoms with E-state index in [0.29, 0.717) is 25.2 Å². The Morgan fingerprint density at radius 2 is 2.03 bits per heavy atom. The predicted octanol–water partition coefficient (Wildman–Crippen LogP) is 3.65. The first-order chi connectivity index (χ1) is 14.3. The van der Waals surface area contributed by atoms with Crippen molar-refractivity contribution in [2.24, 2.45) is 0 Å². The number of fused-ring (bicyclic) bond motifs is 1. The second-order valence-corrected chi connectivity index (χ2v) is 10.2. The van der Waals surface area contributed by atoms with Crippen molar-refractivity contribution >= 4 is 38.7 Å². The molecule has 0 radical (unpaired) electrons. The number of carbonyl (C=O) groups excluding carboxylic acids is 1. The van der Waals surface area contributed by atoms with Gasteiger partial charge in [0.25, 0.3) is 0 Å².